The van der Waals surface area contributed by atoms with Gasteiger partial charge in [-0.2, -0.15) is 0 Å². The first-order chi connectivity index (χ1) is 8.20. The zero-order chi connectivity index (χ0) is 12.7. The molecule has 0 aliphatic carbocycles. The molecule has 0 aromatic heterocycles. The number of hydrogen-bond donors (Lipinski definition) is 1. The van der Waals surface area contributed by atoms with Gasteiger partial charge in [0.05, 0.1) is 6.61 Å². The highest BCUT2D eigenvalue weighted by atomic mass is 16.5. The van der Waals surface area contributed by atoms with Crippen LogP contribution in [0.4, 0.5) is 5.69 Å². The molecule has 1 atom stereocenters. The van der Waals surface area contributed by atoms with E-state index in [1.807, 2.05) is 13.0 Å². The van der Waals surface area contributed by atoms with Gasteiger partial charge in [-0.05, 0) is 25.0 Å². The van der Waals surface area contributed by atoms with Gasteiger partial charge in [0.25, 0.3) is 0 Å². The van der Waals surface area contributed by atoms with Crippen LogP contribution in [0, 0.1) is 0 Å². The van der Waals surface area contributed by atoms with Crippen molar-refractivity contribution in [1.29, 1.82) is 0 Å². The first kappa shape index (κ1) is 14.0. The molecular weight excluding hydrogens is 212 g/mol. The molecule has 1 aromatic rings. The molecule has 0 saturated heterocycles. The number of likely N-dealkylation sites (N-methyl/N-ethyl adjacent to an activating group) is 1. The molecule has 0 amide bonds. The highest BCUT2D eigenvalue weighted by molar-refractivity contribution is 5.54. The van der Waals surface area contributed by atoms with Crippen LogP contribution in [0.1, 0.15) is 31.9 Å². The number of ether oxygens (including phenoxy) is 1. The van der Waals surface area contributed by atoms with Crippen LogP contribution in [0.15, 0.2) is 24.3 Å². The van der Waals surface area contributed by atoms with E-state index >= 15 is 0 Å². The smallest absolute Gasteiger partial charge is 0.0641 e. The fourth-order valence-corrected chi connectivity index (χ4v) is 1.83. The summed E-state index contributed by atoms with van der Waals surface area (Å²) in [6, 6.07) is 8.45. The van der Waals surface area contributed by atoms with Crippen LogP contribution in [0.5, 0.6) is 0 Å². The second kappa shape index (κ2) is 7.30. The van der Waals surface area contributed by atoms with E-state index in [0.29, 0.717) is 0 Å². The van der Waals surface area contributed by atoms with E-state index in [1.165, 1.54) is 11.3 Å². The average molecular weight is 236 g/mol. The Hall–Kier alpha value is -1.06. The Morgan fingerprint density at radius 1 is 1.29 bits per heavy atom. The first-order valence-corrected chi connectivity index (χ1v) is 6.34. The van der Waals surface area contributed by atoms with Crippen molar-refractivity contribution in [1.82, 2.24) is 0 Å². The third kappa shape index (κ3) is 4.02. The summed E-state index contributed by atoms with van der Waals surface area (Å²) >= 11 is 0. The number of nitrogens with zero attached hydrogens (tertiary/aromatic N) is 1. The molecular formula is C14H24N2O. The molecule has 0 heterocycles. The summed E-state index contributed by atoms with van der Waals surface area (Å²) < 4.78 is 5.38. The van der Waals surface area contributed by atoms with E-state index in [0.717, 1.165) is 26.2 Å². The van der Waals surface area contributed by atoms with Crippen molar-refractivity contribution in [3.63, 3.8) is 0 Å². The second-order valence-electron chi connectivity index (χ2n) is 4.19. The topological polar surface area (TPSA) is 38.5 Å². The summed E-state index contributed by atoms with van der Waals surface area (Å²) in [4.78, 5) is 2.21. The second-order valence-corrected chi connectivity index (χ2v) is 4.19. The summed E-state index contributed by atoms with van der Waals surface area (Å²) in [7, 11) is 2.08. The molecule has 3 nitrogen and oxygen atoms in total. The number of anilines is 1. The lowest BCUT2D eigenvalue weighted by atomic mass is 10.0. The lowest BCUT2D eigenvalue weighted by Crippen LogP contribution is -2.25. The molecule has 3 heteroatoms. The molecule has 0 saturated carbocycles. The number of para-hydroxylation sites is 1. The van der Waals surface area contributed by atoms with E-state index in [9.17, 15) is 0 Å². The van der Waals surface area contributed by atoms with Gasteiger partial charge in [0, 0.05) is 31.9 Å². The maximum atomic E-state index is 6.13. The Morgan fingerprint density at radius 2 is 2.00 bits per heavy atom. The minimum absolute atomic E-state index is 0.112. The standard InChI is InChI=1S/C14H24N2O/c1-4-13(15)12-8-6-7-9-14(12)16(3)10-11-17-5-2/h6-9,13H,4-5,10-11,15H2,1-3H3. The lowest BCUT2D eigenvalue weighted by Gasteiger charge is -2.24. The molecule has 0 aliphatic rings. The van der Waals surface area contributed by atoms with Crippen molar-refractivity contribution in [3.05, 3.63) is 29.8 Å². The fourth-order valence-electron chi connectivity index (χ4n) is 1.83. The highest BCUT2D eigenvalue weighted by Crippen LogP contribution is 2.25. The average Bonchev–Trinajstić information content (AvgIpc) is 2.38. The van der Waals surface area contributed by atoms with Crippen LogP contribution >= 0.6 is 0 Å². The summed E-state index contributed by atoms with van der Waals surface area (Å²) in [5, 5.41) is 0. The third-order valence-corrected chi connectivity index (χ3v) is 2.96. The Labute approximate surface area is 105 Å². The highest BCUT2D eigenvalue weighted by Gasteiger charge is 2.11. The van der Waals surface area contributed by atoms with Crippen LogP contribution in [0.25, 0.3) is 0 Å². The van der Waals surface area contributed by atoms with Crippen LogP contribution in [0.2, 0.25) is 0 Å². The third-order valence-electron chi connectivity index (χ3n) is 2.96. The van der Waals surface area contributed by atoms with E-state index in [2.05, 4.69) is 37.1 Å². The van der Waals surface area contributed by atoms with Crippen molar-refractivity contribution in [2.75, 3.05) is 31.7 Å². The molecule has 1 unspecified atom stereocenters. The van der Waals surface area contributed by atoms with Crippen molar-refractivity contribution >= 4 is 5.69 Å². The van der Waals surface area contributed by atoms with Crippen LogP contribution in [0.3, 0.4) is 0 Å². The van der Waals surface area contributed by atoms with Gasteiger partial charge in [0.2, 0.25) is 0 Å². The van der Waals surface area contributed by atoms with Crippen LogP contribution < -0.4 is 10.6 Å². The van der Waals surface area contributed by atoms with Gasteiger partial charge < -0.3 is 15.4 Å². The largest absolute Gasteiger partial charge is 0.380 e. The van der Waals surface area contributed by atoms with Gasteiger partial charge in [-0.25, -0.2) is 0 Å². The molecule has 0 spiro atoms. The zero-order valence-electron chi connectivity index (χ0n) is 11.1. The normalized spacial score (nSPS) is 12.5. The number of nitrogens with two attached hydrogens (primary N) is 1. The first-order valence-electron chi connectivity index (χ1n) is 6.34. The van der Waals surface area contributed by atoms with Crippen molar-refractivity contribution < 1.29 is 4.74 Å². The summed E-state index contributed by atoms with van der Waals surface area (Å²) in [5.74, 6) is 0. The van der Waals surface area contributed by atoms with Gasteiger partial charge in [0.15, 0.2) is 0 Å². The number of benzene rings is 1. The molecule has 17 heavy (non-hydrogen) atoms. The van der Waals surface area contributed by atoms with Gasteiger partial charge in [0.1, 0.15) is 0 Å². The quantitative estimate of drug-likeness (QED) is 0.739. The summed E-state index contributed by atoms with van der Waals surface area (Å²) in [5.41, 5.74) is 8.56. The Balaban J connectivity index is 2.74. The Kier molecular flexibility index (Phi) is 6.01. The van der Waals surface area contributed by atoms with Gasteiger partial charge >= 0.3 is 0 Å². The van der Waals surface area contributed by atoms with Gasteiger partial charge in [-0.15, -0.1) is 0 Å². The van der Waals surface area contributed by atoms with Crippen molar-refractivity contribution in [3.8, 4) is 0 Å². The van der Waals surface area contributed by atoms with E-state index in [4.69, 9.17) is 10.5 Å². The molecule has 0 aliphatic heterocycles. The molecule has 1 aromatic carbocycles. The zero-order valence-corrected chi connectivity index (χ0v) is 11.1. The minimum atomic E-state index is 0.112. The fraction of sp³-hybridized carbons (Fsp3) is 0.571. The van der Waals surface area contributed by atoms with Crippen LogP contribution in [-0.2, 0) is 4.74 Å². The minimum Gasteiger partial charge on any atom is -0.380 e. The Morgan fingerprint density at radius 3 is 2.65 bits per heavy atom. The molecule has 0 bridgehead atoms. The van der Waals surface area contributed by atoms with E-state index < -0.39 is 0 Å². The predicted molar refractivity (Wildman–Crippen MR) is 73.4 cm³/mol. The van der Waals surface area contributed by atoms with Crippen molar-refractivity contribution in [2.45, 2.75) is 26.3 Å². The predicted octanol–water partition coefficient (Wildman–Crippen LogP) is 2.57. The molecule has 1 rings (SSSR count). The molecule has 0 fully saturated rings. The number of hydrogen-bond acceptors (Lipinski definition) is 3. The van der Waals surface area contributed by atoms with E-state index in [-0.39, 0.29) is 6.04 Å². The molecule has 96 valence electrons. The van der Waals surface area contributed by atoms with Gasteiger partial charge in [-0.3, -0.25) is 0 Å². The van der Waals surface area contributed by atoms with Crippen molar-refractivity contribution in [2.24, 2.45) is 5.73 Å². The summed E-state index contributed by atoms with van der Waals surface area (Å²) in [6.45, 7) is 6.54. The SMILES string of the molecule is CCOCCN(C)c1ccccc1C(N)CC. The maximum absolute atomic E-state index is 6.13. The lowest BCUT2D eigenvalue weighted by molar-refractivity contribution is 0.154. The molecule has 2 N–H and O–H groups in total. The van der Waals surface area contributed by atoms with Crippen LogP contribution in [-0.4, -0.2) is 26.8 Å². The Bertz CT molecular complexity index is 328. The van der Waals surface area contributed by atoms with E-state index in [1.54, 1.807) is 0 Å². The monoisotopic (exact) mass is 236 g/mol. The molecule has 0 radical (unpaired) electrons. The number of rotatable bonds is 7. The van der Waals surface area contributed by atoms with Gasteiger partial charge in [-0.1, -0.05) is 25.1 Å². The maximum Gasteiger partial charge on any atom is 0.0641 e. The summed E-state index contributed by atoms with van der Waals surface area (Å²) in [6.07, 6.45) is 0.955.